The molecule has 13 aromatic rings. The van der Waals surface area contributed by atoms with E-state index in [1.54, 1.807) is 0 Å². The van der Waals surface area contributed by atoms with Gasteiger partial charge in [0.15, 0.2) is 0 Å². The molecule has 0 N–H and O–H groups in total. The molecule has 0 radical (unpaired) electrons. The van der Waals surface area contributed by atoms with Gasteiger partial charge in [-0.15, -0.1) is 0 Å². The second-order valence-corrected chi connectivity index (χ2v) is 16.2. The van der Waals surface area contributed by atoms with Gasteiger partial charge in [-0.3, -0.25) is 4.98 Å². The van der Waals surface area contributed by atoms with Crippen LogP contribution >= 0.6 is 0 Å². The van der Waals surface area contributed by atoms with Gasteiger partial charge < -0.3 is 13.7 Å². The van der Waals surface area contributed by atoms with Gasteiger partial charge in [0.2, 0.25) is 0 Å². The highest BCUT2D eigenvalue weighted by molar-refractivity contribution is 6.13. The zero-order valence-electron chi connectivity index (χ0n) is 34.1. The van der Waals surface area contributed by atoms with Crippen LogP contribution in [0.3, 0.4) is 0 Å². The van der Waals surface area contributed by atoms with Crippen LogP contribution in [0.1, 0.15) is 0 Å². The van der Waals surface area contributed by atoms with E-state index in [9.17, 15) is 0 Å². The number of para-hydroxylation sites is 3. The van der Waals surface area contributed by atoms with Crippen molar-refractivity contribution in [3.05, 3.63) is 225 Å². The van der Waals surface area contributed by atoms with Gasteiger partial charge in [-0.1, -0.05) is 133 Å². The smallest absolute Gasteiger partial charge is 0.0964 e. The molecule has 63 heavy (non-hydrogen) atoms. The predicted octanol–water partition coefficient (Wildman–Crippen LogP) is 14.8. The van der Waals surface area contributed by atoms with Gasteiger partial charge in [0.25, 0.3) is 0 Å². The number of pyridine rings is 2. The van der Waals surface area contributed by atoms with E-state index in [0.29, 0.717) is 0 Å². The average molecular weight is 804 g/mol. The molecule has 0 aliphatic carbocycles. The molecule has 0 unspecified atom stereocenters. The third-order valence-corrected chi connectivity index (χ3v) is 12.7. The maximum absolute atomic E-state index is 5.21. The lowest BCUT2D eigenvalue weighted by Crippen LogP contribution is -1.98. The lowest BCUT2D eigenvalue weighted by Gasteiger charge is -2.14. The van der Waals surface area contributed by atoms with E-state index >= 15 is 0 Å². The van der Waals surface area contributed by atoms with Crippen molar-refractivity contribution in [2.75, 3.05) is 0 Å². The largest absolute Gasteiger partial charge is 0.309 e. The van der Waals surface area contributed by atoms with Crippen LogP contribution < -0.4 is 0 Å². The van der Waals surface area contributed by atoms with Crippen molar-refractivity contribution < 1.29 is 0 Å². The van der Waals surface area contributed by atoms with Crippen molar-refractivity contribution in [1.82, 2.24) is 23.7 Å². The van der Waals surface area contributed by atoms with Crippen molar-refractivity contribution in [1.29, 1.82) is 0 Å². The maximum Gasteiger partial charge on any atom is 0.0964 e. The number of nitrogens with zero attached hydrogens (tertiary/aromatic N) is 5. The molecule has 0 spiro atoms. The number of hydrogen-bond donors (Lipinski definition) is 0. The minimum absolute atomic E-state index is 0.938. The minimum atomic E-state index is 0.938. The Kier molecular flexibility index (Phi) is 7.84. The second-order valence-electron chi connectivity index (χ2n) is 16.2. The van der Waals surface area contributed by atoms with Crippen LogP contribution in [0, 0.1) is 0 Å². The molecule has 5 aromatic heterocycles. The molecule has 0 aliphatic heterocycles. The minimum Gasteiger partial charge on any atom is -0.309 e. The fourth-order valence-corrected chi connectivity index (χ4v) is 9.84. The lowest BCUT2D eigenvalue weighted by atomic mass is 10.0. The Hall–Kier alpha value is -8.54. The Morgan fingerprint density at radius 1 is 0.270 bits per heavy atom. The van der Waals surface area contributed by atoms with Crippen LogP contribution in [0.4, 0.5) is 0 Å². The Morgan fingerprint density at radius 2 is 0.778 bits per heavy atom. The molecule has 0 saturated carbocycles. The van der Waals surface area contributed by atoms with E-state index in [-0.39, 0.29) is 0 Å². The molecule has 5 heterocycles. The first-order valence-corrected chi connectivity index (χ1v) is 21.4. The van der Waals surface area contributed by atoms with Crippen molar-refractivity contribution in [2.24, 2.45) is 0 Å². The highest BCUT2D eigenvalue weighted by Gasteiger charge is 2.20. The second kappa shape index (κ2) is 14.0. The van der Waals surface area contributed by atoms with Crippen LogP contribution in [0.5, 0.6) is 0 Å². The van der Waals surface area contributed by atoms with Crippen LogP contribution in [-0.2, 0) is 0 Å². The normalized spacial score (nSPS) is 11.8. The summed E-state index contributed by atoms with van der Waals surface area (Å²) in [4.78, 5) is 10.1. The molecule has 0 saturated heterocycles. The van der Waals surface area contributed by atoms with Gasteiger partial charge in [0, 0.05) is 55.6 Å². The fourth-order valence-electron chi connectivity index (χ4n) is 9.84. The molecule has 0 atom stereocenters. The molecule has 0 bridgehead atoms. The quantitative estimate of drug-likeness (QED) is 0.168. The first-order valence-electron chi connectivity index (χ1n) is 21.4. The van der Waals surface area contributed by atoms with Crippen LogP contribution in [0.2, 0.25) is 0 Å². The van der Waals surface area contributed by atoms with E-state index in [1.165, 1.54) is 32.6 Å². The van der Waals surface area contributed by atoms with Gasteiger partial charge >= 0.3 is 0 Å². The van der Waals surface area contributed by atoms with Gasteiger partial charge in [-0.2, -0.15) is 0 Å². The molecule has 0 aliphatic rings. The van der Waals surface area contributed by atoms with Gasteiger partial charge in [-0.25, -0.2) is 4.98 Å². The zero-order valence-corrected chi connectivity index (χ0v) is 34.1. The summed E-state index contributed by atoms with van der Waals surface area (Å²) in [5.41, 5.74) is 17.5. The molecule has 294 valence electrons. The van der Waals surface area contributed by atoms with Crippen molar-refractivity contribution in [3.8, 4) is 50.7 Å². The van der Waals surface area contributed by atoms with Crippen LogP contribution in [0.15, 0.2) is 225 Å². The van der Waals surface area contributed by atoms with Crippen molar-refractivity contribution in [3.63, 3.8) is 0 Å². The van der Waals surface area contributed by atoms with E-state index in [4.69, 9.17) is 9.97 Å². The van der Waals surface area contributed by atoms with E-state index in [1.807, 2.05) is 12.3 Å². The Labute approximate surface area is 363 Å². The number of hydrogen-bond acceptors (Lipinski definition) is 2. The SMILES string of the molecule is c1ccc(-c2cc(-n3c4ccccc4c4ccc(-c5ccc6c(c5)c5ccccc5n6-c5ccc6c(c5)c5ncccc5n6-c5ccccc5)cc43)cc(-c3ccccc3)n2)cc1. The molecular weight excluding hydrogens is 767 g/mol. The summed E-state index contributed by atoms with van der Waals surface area (Å²) in [6.07, 6.45) is 1.89. The molecule has 8 aromatic carbocycles. The highest BCUT2D eigenvalue weighted by Crippen LogP contribution is 2.40. The summed E-state index contributed by atoms with van der Waals surface area (Å²) in [7, 11) is 0. The van der Waals surface area contributed by atoms with Crippen molar-refractivity contribution in [2.45, 2.75) is 0 Å². The average Bonchev–Trinajstić information content (AvgIpc) is 3.99. The van der Waals surface area contributed by atoms with Gasteiger partial charge in [0.1, 0.15) is 0 Å². The molecule has 13 rings (SSSR count). The number of benzene rings is 8. The number of aromatic nitrogens is 5. The molecule has 5 nitrogen and oxygen atoms in total. The summed E-state index contributed by atoms with van der Waals surface area (Å²) in [5.74, 6) is 0. The van der Waals surface area contributed by atoms with Crippen molar-refractivity contribution >= 4 is 65.5 Å². The third kappa shape index (κ3) is 5.57. The van der Waals surface area contributed by atoms with Gasteiger partial charge in [-0.05, 0) is 96.1 Å². The van der Waals surface area contributed by atoms with E-state index < -0.39 is 0 Å². The Bertz CT molecular complexity index is 3840. The summed E-state index contributed by atoms with van der Waals surface area (Å²) < 4.78 is 7.13. The van der Waals surface area contributed by atoms with E-state index in [2.05, 4.69) is 226 Å². The summed E-state index contributed by atoms with van der Waals surface area (Å²) >= 11 is 0. The first kappa shape index (κ1) is 35.2. The molecule has 0 amide bonds. The molecule has 0 fully saturated rings. The molecular formula is C58H37N5. The Balaban J connectivity index is 0.990. The van der Waals surface area contributed by atoms with Crippen LogP contribution in [-0.4, -0.2) is 23.7 Å². The Morgan fingerprint density at radius 3 is 1.49 bits per heavy atom. The topological polar surface area (TPSA) is 40.6 Å². The molecule has 5 heteroatoms. The number of fused-ring (bicyclic) bond motifs is 9. The summed E-state index contributed by atoms with van der Waals surface area (Å²) in [6, 6.07) is 78.3. The van der Waals surface area contributed by atoms with Crippen LogP contribution in [0.25, 0.3) is 116 Å². The lowest BCUT2D eigenvalue weighted by molar-refractivity contribution is 1.16. The third-order valence-electron chi connectivity index (χ3n) is 12.7. The summed E-state index contributed by atoms with van der Waals surface area (Å²) in [5, 5.41) is 5.98. The highest BCUT2D eigenvalue weighted by atomic mass is 15.0. The van der Waals surface area contributed by atoms with E-state index in [0.717, 1.165) is 83.6 Å². The number of rotatable bonds is 6. The maximum atomic E-state index is 5.21. The first-order chi connectivity index (χ1) is 31.2. The van der Waals surface area contributed by atoms with Gasteiger partial charge in [0.05, 0.1) is 55.7 Å². The zero-order chi connectivity index (χ0) is 41.4. The monoisotopic (exact) mass is 803 g/mol. The fraction of sp³-hybridized carbons (Fsp3) is 0. The predicted molar refractivity (Wildman–Crippen MR) is 261 cm³/mol. The standard InChI is InChI=1S/C58H37N5/c1-4-15-38(16-5-1)50-36-44(37-51(60-50)39-17-6-2-7-18-39)63-52-23-12-10-21-45(52)47-29-26-41(34-57(47)63)40-27-30-54-48(33-40)46-22-11-13-24-53(46)62(54)43-28-31-55-49(35-43)58-56(25-14-32-59-58)61(55)42-19-8-3-9-20-42/h1-37H. The summed E-state index contributed by atoms with van der Waals surface area (Å²) in [6.45, 7) is 0.